The zero-order chi connectivity index (χ0) is 20.9. The van der Waals surface area contributed by atoms with E-state index < -0.39 is 0 Å². The lowest BCUT2D eigenvalue weighted by Crippen LogP contribution is -2.14. The van der Waals surface area contributed by atoms with Gasteiger partial charge in [-0.3, -0.25) is 4.79 Å². The maximum Gasteiger partial charge on any atom is 0.252 e. The molecule has 6 heteroatoms. The third-order valence-corrected chi connectivity index (χ3v) is 4.86. The van der Waals surface area contributed by atoms with Crippen molar-refractivity contribution in [1.82, 2.24) is 19.6 Å². The number of carbonyl (C=O) groups excluding carboxylic acids is 1. The number of nitrogens with zero attached hydrogens (tertiary/aromatic N) is 4. The minimum absolute atomic E-state index is 0.0549. The number of anilines is 1. The number of aryl methyl sites for hydroxylation is 2. The van der Waals surface area contributed by atoms with Gasteiger partial charge in [-0.15, -0.1) is 0 Å². The first kappa shape index (κ1) is 19.3. The standard InChI is InChI=1S/C24H21N5O/c1-17-22(18(2)29-24(27-17)25-16-26-29)13-14-23(30)28-21-10-6-9-20(15-21)12-11-19-7-4-3-5-8-19/h3-10,15-16H,13-14H2,1-2H3,(H,28,30). The lowest BCUT2D eigenvalue weighted by atomic mass is 10.1. The Morgan fingerprint density at radius 2 is 1.80 bits per heavy atom. The number of rotatable bonds is 4. The number of aromatic nitrogens is 4. The van der Waals surface area contributed by atoms with Crippen LogP contribution in [-0.2, 0) is 11.2 Å². The Bertz CT molecular complexity index is 1270. The molecule has 2 aromatic carbocycles. The molecule has 4 aromatic rings. The second-order valence-corrected chi connectivity index (χ2v) is 6.98. The molecule has 6 nitrogen and oxygen atoms in total. The summed E-state index contributed by atoms with van der Waals surface area (Å²) >= 11 is 0. The van der Waals surface area contributed by atoms with E-state index >= 15 is 0 Å². The summed E-state index contributed by atoms with van der Waals surface area (Å²) in [5, 5.41) is 7.15. The number of hydrogen-bond acceptors (Lipinski definition) is 4. The molecule has 0 spiro atoms. The van der Waals surface area contributed by atoms with E-state index in [1.165, 1.54) is 6.33 Å². The lowest BCUT2D eigenvalue weighted by Gasteiger charge is -2.10. The highest BCUT2D eigenvalue weighted by atomic mass is 16.1. The van der Waals surface area contributed by atoms with Crippen LogP contribution in [0, 0.1) is 25.7 Å². The SMILES string of the molecule is Cc1nc2ncnn2c(C)c1CCC(=O)Nc1cccc(C#Cc2ccccc2)c1. The van der Waals surface area contributed by atoms with Gasteiger partial charge >= 0.3 is 0 Å². The molecule has 0 fully saturated rings. The summed E-state index contributed by atoms with van der Waals surface area (Å²) in [5.41, 5.74) is 5.39. The van der Waals surface area contributed by atoms with Gasteiger partial charge in [0.15, 0.2) is 0 Å². The van der Waals surface area contributed by atoms with Crippen molar-refractivity contribution in [3.8, 4) is 11.8 Å². The molecule has 0 aliphatic rings. The van der Waals surface area contributed by atoms with Gasteiger partial charge in [-0.1, -0.05) is 36.1 Å². The van der Waals surface area contributed by atoms with Gasteiger partial charge in [0, 0.05) is 34.6 Å². The Balaban J connectivity index is 1.42. The quantitative estimate of drug-likeness (QED) is 0.535. The van der Waals surface area contributed by atoms with Gasteiger partial charge in [-0.2, -0.15) is 10.1 Å². The van der Waals surface area contributed by atoms with E-state index in [0.717, 1.165) is 33.8 Å². The predicted molar refractivity (Wildman–Crippen MR) is 116 cm³/mol. The summed E-state index contributed by atoms with van der Waals surface area (Å²) in [6, 6.07) is 17.4. The molecule has 0 atom stereocenters. The van der Waals surface area contributed by atoms with Gasteiger partial charge in [0.05, 0.1) is 0 Å². The molecule has 1 amide bonds. The van der Waals surface area contributed by atoms with E-state index in [-0.39, 0.29) is 5.91 Å². The lowest BCUT2D eigenvalue weighted by molar-refractivity contribution is -0.116. The van der Waals surface area contributed by atoms with Crippen molar-refractivity contribution in [2.75, 3.05) is 5.32 Å². The highest BCUT2D eigenvalue weighted by Crippen LogP contribution is 2.16. The van der Waals surface area contributed by atoms with Gasteiger partial charge < -0.3 is 5.32 Å². The fourth-order valence-corrected chi connectivity index (χ4v) is 3.32. The molecule has 0 radical (unpaired) electrons. The topological polar surface area (TPSA) is 72.2 Å². The first-order valence-electron chi connectivity index (χ1n) is 9.73. The van der Waals surface area contributed by atoms with Crippen molar-refractivity contribution >= 4 is 17.4 Å². The molecule has 4 rings (SSSR count). The van der Waals surface area contributed by atoms with Crippen LogP contribution < -0.4 is 5.32 Å². The van der Waals surface area contributed by atoms with E-state index in [1.54, 1.807) is 4.52 Å². The third kappa shape index (κ3) is 4.36. The normalized spacial score (nSPS) is 10.5. The maximum atomic E-state index is 12.5. The second kappa shape index (κ2) is 8.58. The molecule has 1 N–H and O–H groups in total. The number of nitrogens with one attached hydrogen (secondary N) is 1. The summed E-state index contributed by atoms with van der Waals surface area (Å²) in [5.74, 6) is 6.79. The fourth-order valence-electron chi connectivity index (χ4n) is 3.32. The van der Waals surface area contributed by atoms with Crippen LogP contribution in [0.4, 0.5) is 5.69 Å². The van der Waals surface area contributed by atoms with Gasteiger partial charge in [0.1, 0.15) is 6.33 Å². The van der Waals surface area contributed by atoms with Crippen LogP contribution in [0.1, 0.15) is 34.5 Å². The van der Waals surface area contributed by atoms with Crippen LogP contribution in [0.5, 0.6) is 0 Å². The van der Waals surface area contributed by atoms with Crippen LogP contribution in [0.15, 0.2) is 60.9 Å². The second-order valence-electron chi connectivity index (χ2n) is 6.98. The molecule has 0 bridgehead atoms. The maximum absolute atomic E-state index is 12.5. The first-order chi connectivity index (χ1) is 14.6. The number of benzene rings is 2. The van der Waals surface area contributed by atoms with Crippen molar-refractivity contribution in [3.63, 3.8) is 0 Å². The van der Waals surface area contributed by atoms with E-state index in [4.69, 9.17) is 0 Å². The molecular formula is C24H21N5O. The van der Waals surface area contributed by atoms with Gasteiger partial charge in [-0.25, -0.2) is 9.50 Å². The van der Waals surface area contributed by atoms with Crippen LogP contribution in [0.2, 0.25) is 0 Å². The molecule has 2 aromatic heterocycles. The molecule has 30 heavy (non-hydrogen) atoms. The minimum atomic E-state index is -0.0549. The van der Waals surface area contributed by atoms with Crippen molar-refractivity contribution in [3.05, 3.63) is 89.0 Å². The van der Waals surface area contributed by atoms with Crippen LogP contribution in [0.25, 0.3) is 5.78 Å². The first-order valence-corrected chi connectivity index (χ1v) is 9.73. The van der Waals surface area contributed by atoms with Gasteiger partial charge in [-0.05, 0) is 56.2 Å². The number of hydrogen-bond donors (Lipinski definition) is 1. The number of fused-ring (bicyclic) bond motifs is 1. The Morgan fingerprint density at radius 1 is 1.03 bits per heavy atom. The van der Waals surface area contributed by atoms with E-state index in [9.17, 15) is 4.79 Å². The van der Waals surface area contributed by atoms with E-state index in [1.807, 2.05) is 68.4 Å². The van der Waals surface area contributed by atoms with Crippen LogP contribution in [0.3, 0.4) is 0 Å². The molecular weight excluding hydrogens is 374 g/mol. The van der Waals surface area contributed by atoms with E-state index in [0.29, 0.717) is 18.6 Å². The number of amides is 1. The largest absolute Gasteiger partial charge is 0.326 e. The Hall–Kier alpha value is -3.98. The van der Waals surface area contributed by atoms with Crippen molar-refractivity contribution in [2.45, 2.75) is 26.7 Å². The van der Waals surface area contributed by atoms with Gasteiger partial charge in [0.2, 0.25) is 5.91 Å². The van der Waals surface area contributed by atoms with Crippen molar-refractivity contribution in [2.24, 2.45) is 0 Å². The van der Waals surface area contributed by atoms with Crippen LogP contribution >= 0.6 is 0 Å². The summed E-state index contributed by atoms with van der Waals surface area (Å²) in [6.07, 6.45) is 2.42. The fraction of sp³-hybridized carbons (Fsp3) is 0.167. The predicted octanol–water partition coefficient (Wildman–Crippen LogP) is 3.71. The molecule has 0 saturated heterocycles. The molecule has 2 heterocycles. The highest BCUT2D eigenvalue weighted by molar-refractivity contribution is 5.91. The summed E-state index contributed by atoms with van der Waals surface area (Å²) in [7, 11) is 0. The highest BCUT2D eigenvalue weighted by Gasteiger charge is 2.12. The molecule has 0 unspecified atom stereocenters. The van der Waals surface area contributed by atoms with Crippen LogP contribution in [-0.4, -0.2) is 25.5 Å². The Labute approximate surface area is 175 Å². The number of carbonyl (C=O) groups is 1. The Morgan fingerprint density at radius 3 is 2.63 bits per heavy atom. The molecule has 0 aliphatic carbocycles. The van der Waals surface area contributed by atoms with Crippen molar-refractivity contribution < 1.29 is 4.79 Å². The average Bonchev–Trinajstić information content (AvgIpc) is 3.22. The monoisotopic (exact) mass is 395 g/mol. The molecule has 0 saturated carbocycles. The van der Waals surface area contributed by atoms with Crippen molar-refractivity contribution in [1.29, 1.82) is 0 Å². The summed E-state index contributed by atoms with van der Waals surface area (Å²) in [4.78, 5) is 21.1. The summed E-state index contributed by atoms with van der Waals surface area (Å²) < 4.78 is 1.70. The van der Waals surface area contributed by atoms with Gasteiger partial charge in [0.25, 0.3) is 5.78 Å². The Kier molecular flexibility index (Phi) is 5.53. The molecule has 0 aliphatic heterocycles. The zero-order valence-electron chi connectivity index (χ0n) is 16.9. The minimum Gasteiger partial charge on any atom is -0.326 e. The zero-order valence-corrected chi connectivity index (χ0v) is 16.9. The molecule has 148 valence electrons. The third-order valence-electron chi connectivity index (χ3n) is 4.86. The van der Waals surface area contributed by atoms with E-state index in [2.05, 4.69) is 32.2 Å². The summed E-state index contributed by atoms with van der Waals surface area (Å²) in [6.45, 7) is 3.91. The average molecular weight is 395 g/mol. The smallest absolute Gasteiger partial charge is 0.252 e.